The van der Waals surface area contributed by atoms with Gasteiger partial charge in [-0.2, -0.15) is 8.78 Å². The van der Waals surface area contributed by atoms with Crippen molar-refractivity contribution < 1.29 is 18.3 Å². The minimum absolute atomic E-state index is 0.0325. The molecule has 0 unspecified atom stereocenters. The van der Waals surface area contributed by atoms with Crippen molar-refractivity contribution in [2.24, 2.45) is 0 Å². The first-order valence-corrected chi connectivity index (χ1v) is 8.76. The lowest BCUT2D eigenvalue weighted by molar-refractivity contribution is -0.0497. The lowest BCUT2D eigenvalue weighted by Crippen LogP contribution is -2.13. The van der Waals surface area contributed by atoms with Crippen molar-refractivity contribution in [2.75, 3.05) is 5.32 Å². The second kappa shape index (κ2) is 8.02. The van der Waals surface area contributed by atoms with Gasteiger partial charge in [-0.05, 0) is 36.4 Å². The monoisotopic (exact) mass is 391 g/mol. The molecular formula is C22H15F2N3O2. The Labute approximate surface area is 165 Å². The van der Waals surface area contributed by atoms with Gasteiger partial charge in [0.1, 0.15) is 5.75 Å². The van der Waals surface area contributed by atoms with Gasteiger partial charge < -0.3 is 10.1 Å². The number of benzene rings is 2. The topological polar surface area (TPSA) is 64.1 Å². The number of pyridine rings is 2. The average molecular weight is 391 g/mol. The SMILES string of the molecule is O=C(Nc1cccc(OC(F)F)c1)c1cc(-c2ccncc2)nc2ccccc12. The third-order valence-corrected chi connectivity index (χ3v) is 4.25. The molecule has 0 radical (unpaired) electrons. The molecule has 0 aliphatic rings. The molecule has 0 aliphatic carbocycles. The van der Waals surface area contributed by atoms with Gasteiger partial charge in [-0.15, -0.1) is 0 Å². The molecule has 0 bridgehead atoms. The van der Waals surface area contributed by atoms with Gasteiger partial charge >= 0.3 is 6.61 Å². The van der Waals surface area contributed by atoms with E-state index in [2.05, 4.69) is 20.0 Å². The van der Waals surface area contributed by atoms with Crippen LogP contribution in [0.4, 0.5) is 14.5 Å². The first-order valence-electron chi connectivity index (χ1n) is 8.76. The molecule has 0 spiro atoms. The lowest BCUT2D eigenvalue weighted by Gasteiger charge is -2.11. The molecule has 2 aromatic heterocycles. The highest BCUT2D eigenvalue weighted by Crippen LogP contribution is 2.26. The summed E-state index contributed by atoms with van der Waals surface area (Å²) in [5, 5.41) is 3.42. The summed E-state index contributed by atoms with van der Waals surface area (Å²) >= 11 is 0. The van der Waals surface area contributed by atoms with E-state index in [1.165, 1.54) is 18.2 Å². The molecule has 4 aromatic rings. The van der Waals surface area contributed by atoms with Gasteiger partial charge in [-0.25, -0.2) is 4.98 Å². The minimum atomic E-state index is -2.94. The smallest absolute Gasteiger partial charge is 0.387 e. The number of carbonyl (C=O) groups excluding carboxylic acids is 1. The van der Waals surface area contributed by atoms with Gasteiger partial charge in [0, 0.05) is 35.1 Å². The zero-order valence-corrected chi connectivity index (χ0v) is 15.0. The molecule has 5 nitrogen and oxygen atoms in total. The molecule has 2 heterocycles. The molecule has 144 valence electrons. The fourth-order valence-electron chi connectivity index (χ4n) is 2.98. The number of ether oxygens (including phenoxy) is 1. The van der Waals surface area contributed by atoms with Gasteiger partial charge in [0.2, 0.25) is 0 Å². The van der Waals surface area contributed by atoms with E-state index in [-0.39, 0.29) is 11.7 Å². The molecule has 0 fully saturated rings. The molecule has 0 saturated carbocycles. The summed E-state index contributed by atoms with van der Waals surface area (Å²) in [7, 11) is 0. The van der Waals surface area contributed by atoms with Crippen LogP contribution < -0.4 is 10.1 Å². The van der Waals surface area contributed by atoms with Crippen LogP contribution in [-0.2, 0) is 0 Å². The number of para-hydroxylation sites is 1. The number of alkyl halides is 2. The van der Waals surface area contributed by atoms with Crippen LogP contribution in [0.2, 0.25) is 0 Å². The maximum absolute atomic E-state index is 13.0. The summed E-state index contributed by atoms with van der Waals surface area (Å²) in [4.78, 5) is 21.6. The van der Waals surface area contributed by atoms with Crippen LogP contribution in [0.25, 0.3) is 22.2 Å². The lowest BCUT2D eigenvalue weighted by atomic mass is 10.0. The van der Waals surface area contributed by atoms with E-state index < -0.39 is 6.61 Å². The normalized spacial score (nSPS) is 10.9. The number of hydrogen-bond acceptors (Lipinski definition) is 4. The molecule has 4 rings (SSSR count). The summed E-state index contributed by atoms with van der Waals surface area (Å²) in [6.07, 6.45) is 3.31. The highest BCUT2D eigenvalue weighted by Gasteiger charge is 2.15. The number of halogens is 2. The van der Waals surface area contributed by atoms with E-state index in [1.54, 1.807) is 24.5 Å². The van der Waals surface area contributed by atoms with Crippen LogP contribution in [-0.4, -0.2) is 22.5 Å². The van der Waals surface area contributed by atoms with Gasteiger partial charge in [-0.3, -0.25) is 9.78 Å². The van der Waals surface area contributed by atoms with Gasteiger partial charge in [0.25, 0.3) is 5.91 Å². The summed E-state index contributed by atoms with van der Waals surface area (Å²) in [5.41, 5.74) is 2.89. The highest BCUT2D eigenvalue weighted by molar-refractivity contribution is 6.13. The first-order chi connectivity index (χ1) is 14.1. The Morgan fingerprint density at radius 3 is 2.55 bits per heavy atom. The molecule has 29 heavy (non-hydrogen) atoms. The summed E-state index contributed by atoms with van der Waals surface area (Å²) in [6, 6.07) is 18.5. The molecule has 7 heteroatoms. The van der Waals surface area contributed by atoms with Crippen LogP contribution >= 0.6 is 0 Å². The third kappa shape index (κ3) is 4.19. The fraction of sp³-hybridized carbons (Fsp3) is 0.0455. The standard InChI is InChI=1S/C22H15F2N3O2/c23-22(24)29-16-5-3-4-15(12-16)26-21(28)18-13-20(14-8-10-25-11-9-14)27-19-7-2-1-6-17(18)19/h1-13,22H,(H,26,28). The van der Waals surface area contributed by atoms with E-state index in [9.17, 15) is 13.6 Å². The largest absolute Gasteiger partial charge is 0.435 e. The van der Waals surface area contributed by atoms with E-state index in [4.69, 9.17) is 0 Å². The van der Waals surface area contributed by atoms with Crippen LogP contribution in [0.3, 0.4) is 0 Å². The number of carbonyl (C=O) groups is 1. The number of nitrogens with zero attached hydrogens (tertiary/aromatic N) is 2. The van der Waals surface area contributed by atoms with Crippen molar-refractivity contribution in [3.63, 3.8) is 0 Å². The average Bonchev–Trinajstić information content (AvgIpc) is 2.73. The van der Waals surface area contributed by atoms with Crippen LogP contribution in [0.15, 0.2) is 79.1 Å². The molecular weight excluding hydrogens is 376 g/mol. The number of amides is 1. The highest BCUT2D eigenvalue weighted by atomic mass is 19.3. The Hall–Kier alpha value is -3.87. The molecule has 0 atom stereocenters. The number of anilines is 1. The predicted octanol–water partition coefficient (Wildman–Crippen LogP) is 5.15. The summed E-state index contributed by atoms with van der Waals surface area (Å²) in [6.45, 7) is -2.94. The predicted molar refractivity (Wildman–Crippen MR) is 106 cm³/mol. The maximum atomic E-state index is 13.0. The van der Waals surface area contributed by atoms with E-state index in [0.717, 1.165) is 5.56 Å². The summed E-state index contributed by atoms with van der Waals surface area (Å²) < 4.78 is 29.3. The number of rotatable bonds is 5. The van der Waals surface area contributed by atoms with Crippen molar-refractivity contribution in [1.29, 1.82) is 0 Å². The summed E-state index contributed by atoms with van der Waals surface area (Å²) in [5.74, 6) is -0.414. The van der Waals surface area contributed by atoms with Crippen molar-refractivity contribution >= 4 is 22.5 Å². The van der Waals surface area contributed by atoms with E-state index in [1.807, 2.05) is 36.4 Å². The van der Waals surface area contributed by atoms with Gasteiger partial charge in [0.15, 0.2) is 0 Å². The van der Waals surface area contributed by atoms with Crippen molar-refractivity contribution in [2.45, 2.75) is 6.61 Å². The van der Waals surface area contributed by atoms with E-state index in [0.29, 0.717) is 27.8 Å². The second-order valence-corrected chi connectivity index (χ2v) is 6.17. The van der Waals surface area contributed by atoms with Gasteiger partial charge in [0.05, 0.1) is 16.8 Å². The number of fused-ring (bicyclic) bond motifs is 1. The zero-order valence-electron chi connectivity index (χ0n) is 15.0. The van der Waals surface area contributed by atoms with Gasteiger partial charge in [-0.1, -0.05) is 24.3 Å². The third-order valence-electron chi connectivity index (χ3n) is 4.25. The van der Waals surface area contributed by atoms with Crippen molar-refractivity contribution in [1.82, 2.24) is 9.97 Å². The Kier molecular flexibility index (Phi) is 5.11. The number of nitrogens with one attached hydrogen (secondary N) is 1. The molecule has 0 aliphatic heterocycles. The Morgan fingerprint density at radius 2 is 1.76 bits per heavy atom. The molecule has 0 saturated heterocycles. The second-order valence-electron chi connectivity index (χ2n) is 6.17. The number of aromatic nitrogens is 2. The minimum Gasteiger partial charge on any atom is -0.435 e. The Balaban J connectivity index is 1.72. The van der Waals surface area contributed by atoms with Crippen LogP contribution in [0, 0.1) is 0 Å². The van der Waals surface area contributed by atoms with Crippen LogP contribution in [0.1, 0.15) is 10.4 Å². The Morgan fingerprint density at radius 1 is 0.966 bits per heavy atom. The fourth-order valence-corrected chi connectivity index (χ4v) is 2.98. The van der Waals surface area contributed by atoms with Crippen LogP contribution in [0.5, 0.6) is 5.75 Å². The Bertz CT molecular complexity index is 1170. The molecule has 1 N–H and O–H groups in total. The maximum Gasteiger partial charge on any atom is 0.387 e. The zero-order chi connectivity index (χ0) is 20.2. The quantitative estimate of drug-likeness (QED) is 0.511. The van der Waals surface area contributed by atoms with Crippen molar-refractivity contribution in [3.05, 3.63) is 84.7 Å². The first kappa shape index (κ1) is 18.5. The number of hydrogen-bond donors (Lipinski definition) is 1. The van der Waals surface area contributed by atoms with E-state index >= 15 is 0 Å². The van der Waals surface area contributed by atoms with Crippen molar-refractivity contribution in [3.8, 4) is 17.0 Å². The molecule has 1 amide bonds. The molecule has 2 aromatic carbocycles.